The van der Waals surface area contributed by atoms with Gasteiger partial charge in [0.2, 0.25) is 0 Å². The molecule has 2 aromatic carbocycles. The molecule has 0 saturated carbocycles. The standard InChI is InChI=1S/C22H26N4O2.ClH/c1-25(2)15-7-14-23-22(27)20-16-26(18-8-5-4-6-9-18)24-21(20)17-10-12-19(28-3)13-11-17;/h4-6,8-13,16H,7,14-15H2,1-3H3,(H,23,27);1H. The normalized spacial score (nSPS) is 10.5. The van der Waals surface area contributed by atoms with Gasteiger partial charge in [-0.25, -0.2) is 4.68 Å². The van der Waals surface area contributed by atoms with Crippen LogP contribution < -0.4 is 10.1 Å². The van der Waals surface area contributed by atoms with Crippen LogP contribution in [0.1, 0.15) is 16.8 Å². The lowest BCUT2D eigenvalue weighted by Gasteiger charge is -2.10. The Balaban J connectivity index is 0.00000300. The SMILES string of the molecule is COc1ccc(-c2nn(-c3ccccc3)cc2C(=O)NCCCN(C)C)cc1.Cl. The maximum absolute atomic E-state index is 12.8. The number of halogens is 1. The maximum atomic E-state index is 12.8. The molecule has 3 rings (SSSR count). The number of rotatable bonds is 8. The minimum Gasteiger partial charge on any atom is -0.497 e. The van der Waals surface area contributed by atoms with Crippen LogP contribution >= 0.6 is 12.4 Å². The Hall–Kier alpha value is -2.83. The van der Waals surface area contributed by atoms with Crippen LogP contribution in [-0.4, -0.2) is 54.9 Å². The van der Waals surface area contributed by atoms with E-state index in [9.17, 15) is 4.79 Å². The quantitative estimate of drug-likeness (QED) is 0.571. The number of methoxy groups -OCH3 is 1. The number of ether oxygens (including phenoxy) is 1. The largest absolute Gasteiger partial charge is 0.497 e. The monoisotopic (exact) mass is 414 g/mol. The Labute approximate surface area is 177 Å². The molecule has 154 valence electrons. The van der Waals surface area contributed by atoms with Crippen molar-refractivity contribution in [3.05, 3.63) is 66.4 Å². The highest BCUT2D eigenvalue weighted by Crippen LogP contribution is 2.25. The Bertz CT molecular complexity index is 908. The second-order valence-corrected chi connectivity index (χ2v) is 6.81. The third-order valence-electron chi connectivity index (χ3n) is 4.41. The van der Waals surface area contributed by atoms with Crippen LogP contribution in [0.25, 0.3) is 16.9 Å². The minimum atomic E-state index is -0.119. The smallest absolute Gasteiger partial charge is 0.255 e. The average Bonchev–Trinajstić information content (AvgIpc) is 3.17. The van der Waals surface area contributed by atoms with Crippen molar-refractivity contribution in [2.45, 2.75) is 6.42 Å². The number of benzene rings is 2. The summed E-state index contributed by atoms with van der Waals surface area (Å²) in [5.41, 5.74) is 2.98. The molecule has 0 spiro atoms. The second kappa shape index (κ2) is 10.6. The molecular formula is C22H27ClN4O2. The lowest BCUT2D eigenvalue weighted by Crippen LogP contribution is -2.27. The molecule has 0 atom stereocenters. The van der Waals surface area contributed by atoms with Crippen molar-refractivity contribution in [2.24, 2.45) is 0 Å². The lowest BCUT2D eigenvalue weighted by molar-refractivity contribution is 0.0953. The Morgan fingerprint density at radius 1 is 1.10 bits per heavy atom. The van der Waals surface area contributed by atoms with Crippen molar-refractivity contribution >= 4 is 18.3 Å². The summed E-state index contributed by atoms with van der Waals surface area (Å²) in [6.07, 6.45) is 2.68. The van der Waals surface area contributed by atoms with Gasteiger partial charge in [0.25, 0.3) is 5.91 Å². The molecule has 0 aliphatic heterocycles. The molecule has 6 nitrogen and oxygen atoms in total. The van der Waals surface area contributed by atoms with Crippen molar-refractivity contribution in [3.63, 3.8) is 0 Å². The van der Waals surface area contributed by atoms with Crippen molar-refractivity contribution in [1.29, 1.82) is 0 Å². The minimum absolute atomic E-state index is 0. The molecule has 0 unspecified atom stereocenters. The van der Waals surface area contributed by atoms with E-state index in [1.165, 1.54) is 0 Å². The number of carbonyl (C=O) groups excluding carboxylic acids is 1. The average molecular weight is 415 g/mol. The molecular weight excluding hydrogens is 388 g/mol. The van der Waals surface area contributed by atoms with E-state index in [0.717, 1.165) is 30.0 Å². The van der Waals surface area contributed by atoms with Crippen LogP contribution in [0.3, 0.4) is 0 Å². The highest BCUT2D eigenvalue weighted by Gasteiger charge is 2.18. The third-order valence-corrected chi connectivity index (χ3v) is 4.41. The maximum Gasteiger partial charge on any atom is 0.255 e. The summed E-state index contributed by atoms with van der Waals surface area (Å²) in [5, 5.41) is 7.70. The van der Waals surface area contributed by atoms with Crippen LogP contribution in [0.2, 0.25) is 0 Å². The summed E-state index contributed by atoms with van der Waals surface area (Å²) < 4.78 is 6.98. The van der Waals surface area contributed by atoms with Crippen LogP contribution in [0, 0.1) is 0 Å². The molecule has 1 aromatic heterocycles. The molecule has 0 aliphatic rings. The second-order valence-electron chi connectivity index (χ2n) is 6.81. The van der Waals surface area contributed by atoms with E-state index in [2.05, 4.69) is 10.2 Å². The van der Waals surface area contributed by atoms with E-state index in [0.29, 0.717) is 17.8 Å². The Kier molecular flexibility index (Phi) is 8.24. The van der Waals surface area contributed by atoms with E-state index in [4.69, 9.17) is 9.84 Å². The van der Waals surface area contributed by atoms with Gasteiger partial charge in [-0.15, -0.1) is 12.4 Å². The fraction of sp³-hybridized carbons (Fsp3) is 0.273. The van der Waals surface area contributed by atoms with E-state index < -0.39 is 0 Å². The van der Waals surface area contributed by atoms with Crippen LogP contribution in [0.4, 0.5) is 0 Å². The van der Waals surface area contributed by atoms with Crippen molar-refractivity contribution in [1.82, 2.24) is 20.0 Å². The van der Waals surface area contributed by atoms with Gasteiger partial charge in [0.05, 0.1) is 18.4 Å². The van der Waals surface area contributed by atoms with Gasteiger partial charge in [0.15, 0.2) is 0 Å². The van der Waals surface area contributed by atoms with Gasteiger partial charge in [-0.2, -0.15) is 5.10 Å². The molecule has 0 saturated heterocycles. The van der Waals surface area contributed by atoms with Crippen LogP contribution in [0.5, 0.6) is 5.75 Å². The lowest BCUT2D eigenvalue weighted by atomic mass is 10.1. The zero-order valence-electron chi connectivity index (χ0n) is 17.0. The predicted molar refractivity (Wildman–Crippen MR) is 118 cm³/mol. The van der Waals surface area contributed by atoms with E-state index >= 15 is 0 Å². The number of hydrogen-bond donors (Lipinski definition) is 1. The fourth-order valence-electron chi connectivity index (χ4n) is 2.91. The summed E-state index contributed by atoms with van der Waals surface area (Å²) in [7, 11) is 5.67. The summed E-state index contributed by atoms with van der Waals surface area (Å²) in [6, 6.07) is 17.4. The van der Waals surface area contributed by atoms with E-state index in [-0.39, 0.29) is 18.3 Å². The first-order valence-corrected chi connectivity index (χ1v) is 9.31. The molecule has 1 heterocycles. The zero-order chi connectivity index (χ0) is 19.9. The number of nitrogens with one attached hydrogen (secondary N) is 1. The van der Waals surface area contributed by atoms with E-state index in [1.807, 2.05) is 68.7 Å². The summed E-state index contributed by atoms with van der Waals surface area (Å²) in [4.78, 5) is 14.9. The van der Waals surface area contributed by atoms with E-state index in [1.54, 1.807) is 18.0 Å². The van der Waals surface area contributed by atoms with Gasteiger partial charge >= 0.3 is 0 Å². The number of para-hydroxylation sites is 1. The summed E-state index contributed by atoms with van der Waals surface area (Å²) in [5.74, 6) is 0.646. The molecule has 1 N–H and O–H groups in total. The summed E-state index contributed by atoms with van der Waals surface area (Å²) >= 11 is 0. The fourth-order valence-corrected chi connectivity index (χ4v) is 2.91. The molecule has 0 radical (unpaired) electrons. The highest BCUT2D eigenvalue weighted by atomic mass is 35.5. The first-order chi connectivity index (χ1) is 13.6. The molecule has 1 amide bonds. The Morgan fingerprint density at radius 3 is 2.41 bits per heavy atom. The molecule has 0 fully saturated rings. The topological polar surface area (TPSA) is 59.4 Å². The first kappa shape index (κ1) is 22.5. The van der Waals surface area contributed by atoms with Gasteiger partial charge < -0.3 is 15.0 Å². The molecule has 0 aliphatic carbocycles. The number of carbonyl (C=O) groups is 1. The van der Waals surface area contributed by atoms with Gasteiger partial charge in [-0.1, -0.05) is 18.2 Å². The van der Waals surface area contributed by atoms with Gasteiger partial charge in [0, 0.05) is 18.3 Å². The Morgan fingerprint density at radius 2 is 1.79 bits per heavy atom. The molecule has 29 heavy (non-hydrogen) atoms. The predicted octanol–water partition coefficient (Wildman–Crippen LogP) is 3.65. The molecule has 3 aromatic rings. The van der Waals surface area contributed by atoms with Gasteiger partial charge in [0.1, 0.15) is 11.4 Å². The highest BCUT2D eigenvalue weighted by molar-refractivity contribution is 5.99. The van der Waals surface area contributed by atoms with Gasteiger partial charge in [-0.3, -0.25) is 4.79 Å². The van der Waals surface area contributed by atoms with Gasteiger partial charge in [-0.05, 0) is 63.5 Å². The number of nitrogens with zero attached hydrogens (tertiary/aromatic N) is 3. The number of amides is 1. The number of aromatic nitrogens is 2. The summed E-state index contributed by atoms with van der Waals surface area (Å²) in [6.45, 7) is 1.55. The van der Waals surface area contributed by atoms with Crippen molar-refractivity contribution in [3.8, 4) is 22.7 Å². The van der Waals surface area contributed by atoms with Crippen LogP contribution in [0.15, 0.2) is 60.8 Å². The third kappa shape index (κ3) is 5.82. The molecule has 7 heteroatoms. The molecule has 0 bridgehead atoms. The number of hydrogen-bond acceptors (Lipinski definition) is 4. The first-order valence-electron chi connectivity index (χ1n) is 9.31. The van der Waals surface area contributed by atoms with Crippen molar-refractivity contribution in [2.75, 3.05) is 34.3 Å². The van der Waals surface area contributed by atoms with Crippen LogP contribution in [-0.2, 0) is 0 Å². The zero-order valence-corrected chi connectivity index (χ0v) is 17.8. The van der Waals surface area contributed by atoms with Crippen molar-refractivity contribution < 1.29 is 9.53 Å².